The molecule has 9 aromatic heterocycles. The average molecular weight is 1920 g/mol. The second-order valence-corrected chi connectivity index (χ2v) is 37.9. The highest BCUT2D eigenvalue weighted by atomic mass is 16.6. The second-order valence-electron chi connectivity index (χ2n) is 37.9. The number of nitrogens with one attached hydrogen (secondary N) is 5. The van der Waals surface area contributed by atoms with Gasteiger partial charge in [-0.3, -0.25) is 98.7 Å². The van der Waals surface area contributed by atoms with E-state index >= 15 is 0 Å². The van der Waals surface area contributed by atoms with Gasteiger partial charge in [0.2, 0.25) is 59.1 Å². The Morgan fingerprint density at radius 3 is 1.08 bits per heavy atom. The number of Topliss-reactive ketones (excluding diaryl/α,β-unsaturated/α-hetero) is 1. The number of carbonyl (C=O) groups is 14. The maximum atomic E-state index is 12.6. The summed E-state index contributed by atoms with van der Waals surface area (Å²) >= 11 is 0. The predicted octanol–water partition coefficient (Wildman–Crippen LogP) is 15.8. The molecule has 6 aromatic carbocycles. The monoisotopic (exact) mass is 1920 g/mol. The molecule has 734 valence electrons. The van der Waals surface area contributed by atoms with Crippen LogP contribution in [0.4, 0.5) is 0 Å². The lowest BCUT2D eigenvalue weighted by molar-refractivity contribution is -0.156. The Morgan fingerprint density at radius 1 is 0.324 bits per heavy atom. The molecule has 142 heavy (non-hydrogen) atoms. The third kappa shape index (κ3) is 23.3. The molecule has 20 rings (SSSR count). The molecular weight excluding hydrogens is 1810 g/mol. The van der Waals surface area contributed by atoms with Crippen molar-refractivity contribution in [3.8, 4) is 0 Å². The zero-order chi connectivity index (χ0) is 100. The van der Waals surface area contributed by atoms with E-state index in [4.69, 9.17) is 23.7 Å². The van der Waals surface area contributed by atoms with Gasteiger partial charge in [-0.05, 0) is 214 Å². The number of hydrogen-bond acceptors (Lipinski definition) is 23. The molecule has 5 aliphatic heterocycles. The van der Waals surface area contributed by atoms with Crippen molar-refractivity contribution in [2.75, 3.05) is 33.0 Å². The zero-order valence-corrected chi connectivity index (χ0v) is 80.4. The van der Waals surface area contributed by atoms with Crippen molar-refractivity contribution in [3.05, 3.63) is 218 Å². The minimum absolute atomic E-state index is 0.148. The summed E-state index contributed by atoms with van der Waals surface area (Å²) in [7, 11) is 0. The van der Waals surface area contributed by atoms with Gasteiger partial charge in [-0.2, -0.15) is 0 Å². The smallest absolute Gasteiger partial charge is 0.306 e. The largest absolute Gasteiger partial charge is 0.463 e. The molecule has 5 aliphatic rings. The van der Waals surface area contributed by atoms with Crippen molar-refractivity contribution < 1.29 is 90.8 Å². The Hall–Kier alpha value is -15.4. The van der Waals surface area contributed by atoms with Crippen LogP contribution in [0.1, 0.15) is 204 Å². The van der Waals surface area contributed by atoms with E-state index in [1.165, 1.54) is 0 Å². The molecule has 15 aromatic rings. The Kier molecular flexibility index (Phi) is 31.1. The number of fused-ring (bicyclic) bond motifs is 15. The van der Waals surface area contributed by atoms with Crippen LogP contribution >= 0.6 is 0 Å². The van der Waals surface area contributed by atoms with Gasteiger partial charge in [0.25, 0.3) is 0 Å². The number of nitrogens with zero attached hydrogens (tertiary/aromatic N) is 9. The van der Waals surface area contributed by atoms with Gasteiger partial charge in [-0.1, -0.05) is 84.9 Å². The third-order valence-electron chi connectivity index (χ3n) is 25.4. The molecule has 14 heterocycles. The maximum absolute atomic E-state index is 12.6. The van der Waals surface area contributed by atoms with Crippen LogP contribution in [0.5, 0.6) is 0 Å². The quantitative estimate of drug-likeness (QED) is 0.0145. The summed E-state index contributed by atoms with van der Waals surface area (Å²) in [5.74, 6) is -3.03. The number of amides is 10. The molecule has 33 nitrogen and oxygen atoms in total. The number of pyridine rings is 4. The Labute approximate surface area is 816 Å². The molecular formula is C109H114N14O19. The topological polar surface area (TPSA) is 421 Å². The van der Waals surface area contributed by atoms with E-state index in [1.807, 2.05) is 225 Å². The first-order valence-corrected chi connectivity index (χ1v) is 48.3. The number of rotatable bonds is 26. The number of imide groups is 5. The molecule has 0 bridgehead atoms. The van der Waals surface area contributed by atoms with Gasteiger partial charge in [0.1, 0.15) is 70.7 Å². The predicted molar refractivity (Wildman–Crippen MR) is 534 cm³/mol. The van der Waals surface area contributed by atoms with Crippen molar-refractivity contribution in [1.29, 1.82) is 0 Å². The van der Waals surface area contributed by atoms with Crippen LogP contribution in [0, 0.1) is 6.92 Å². The molecule has 33 heteroatoms. The molecule has 5 saturated heterocycles. The zero-order valence-electron chi connectivity index (χ0n) is 80.4. The standard InChI is InChI=1S/C30H37N3O6.C29H35N3O7.C17H15N3O2.C17H14N2O2.C16H13N3O2/c1-30(2,3)39-27(36)9-6-18-38-17-5-7-21(34)12-10-20-11-13-24-23(19-20)22-8-4-16-31-28(22)33(24)25-14-15-26(35)32-29(25)37;1-29(2,3)39-26(35)7-5-15-37-16-17-38-25(34)13-9-19-8-10-22-21(18-19)20-6-4-14-30-27(20)32(22)23-11-12-24(33)31-28(23)36;1-10-8-12-11-4-2-3-5-13(11)20(16(12)18-9-10)14-6-7-15(21)19-17(14)22;20-16-10-9-15(17(21)18-16)19-13-7-3-1-5-11(13)12-6-2-4-8-14(12)19;20-15-6-5-14(16(21)18-15)19-12-4-2-1-3-10(12)11-9-17-8-7-13(11)19/h4,8,11,13,16,19,25H,5-7,9-10,12,14-15,17-18H2,1-3H3,(H,32,35,37);4,6,8,10,14,18,23H,5,7,9,11-13,15-17H2,1-3H3,(H,31,33,36);2-5,8-9,14H,6-7H2,1H3,(H,19,21,22);1-8,15H,9-10H2,(H,18,20,21);1-4,7-9,14H,5-6H2,(H,18,20,21). The highest BCUT2D eigenvalue weighted by Crippen LogP contribution is 2.41. The molecule has 10 amide bonds. The molecule has 5 fully saturated rings. The SMILES string of the molecule is CC(C)(C)OC(=O)CCCOCCCC(=O)CCc1ccc2c(c1)c1cccnc1n2C1CCC(=O)NC1=O.CC(C)(C)OC(=O)CCCOCCOC(=O)CCc1ccc2c(c1)c1cccnc1n2C1CCC(=O)NC1=O.Cc1cnc2c(c1)c1ccccc1n2C1CCC(=O)NC1=O.O=C1CCC(n2c3ccccc3c3ccccc32)C(=O)N1.O=C1CCC(n2c3ccccc3c3cnccc32)C(=O)N1. The van der Waals surface area contributed by atoms with Gasteiger partial charge in [0.15, 0.2) is 0 Å². The third-order valence-corrected chi connectivity index (χ3v) is 25.4. The van der Waals surface area contributed by atoms with Crippen LogP contribution in [0.2, 0.25) is 0 Å². The van der Waals surface area contributed by atoms with Crippen LogP contribution in [0.25, 0.3) is 109 Å². The minimum Gasteiger partial charge on any atom is -0.463 e. The molecule has 5 unspecified atom stereocenters. The van der Waals surface area contributed by atoms with E-state index in [1.54, 1.807) is 18.6 Å². The van der Waals surface area contributed by atoms with Crippen LogP contribution in [-0.4, -0.2) is 170 Å². The van der Waals surface area contributed by atoms with Crippen molar-refractivity contribution in [1.82, 2.24) is 69.4 Å². The number of piperidine rings is 5. The number of para-hydroxylation sites is 4. The lowest BCUT2D eigenvalue weighted by atomic mass is 10.0. The molecule has 0 spiro atoms. The van der Waals surface area contributed by atoms with E-state index in [0.29, 0.717) is 140 Å². The van der Waals surface area contributed by atoms with Crippen LogP contribution in [0.3, 0.4) is 0 Å². The van der Waals surface area contributed by atoms with E-state index in [0.717, 1.165) is 115 Å². The molecule has 0 radical (unpaired) electrons. The van der Waals surface area contributed by atoms with Crippen molar-refractivity contribution >= 4 is 192 Å². The number of esters is 3. The second kappa shape index (κ2) is 44.4. The summed E-state index contributed by atoms with van der Waals surface area (Å²) in [6.07, 6.45) is 17.5. The summed E-state index contributed by atoms with van der Waals surface area (Å²) < 4.78 is 36.7. The summed E-state index contributed by atoms with van der Waals surface area (Å²) in [5, 5.41) is 22.4. The van der Waals surface area contributed by atoms with Crippen molar-refractivity contribution in [2.24, 2.45) is 0 Å². The van der Waals surface area contributed by atoms with E-state index < -0.39 is 29.3 Å². The van der Waals surface area contributed by atoms with Gasteiger partial charge < -0.3 is 46.5 Å². The minimum atomic E-state index is -0.516. The first-order valence-electron chi connectivity index (χ1n) is 48.3. The van der Waals surface area contributed by atoms with Crippen LogP contribution in [-0.2, 0) is 104 Å². The van der Waals surface area contributed by atoms with Crippen molar-refractivity contribution in [2.45, 2.75) is 218 Å². The lowest BCUT2D eigenvalue weighted by Gasteiger charge is -2.24. The normalized spacial score (nSPS) is 17.4. The average Bonchev–Trinajstić information content (AvgIpc) is 1.60. The Bertz CT molecular complexity index is 6970. The lowest BCUT2D eigenvalue weighted by Crippen LogP contribution is -2.41. The highest BCUT2D eigenvalue weighted by Gasteiger charge is 2.37. The van der Waals surface area contributed by atoms with Crippen LogP contribution in [0.15, 0.2) is 201 Å². The molecule has 0 saturated carbocycles. The van der Waals surface area contributed by atoms with Gasteiger partial charge in [-0.25, -0.2) is 15.0 Å². The van der Waals surface area contributed by atoms with E-state index in [-0.39, 0.29) is 127 Å². The summed E-state index contributed by atoms with van der Waals surface area (Å²) in [6, 6.07) is 53.6. The first kappa shape index (κ1) is 99.6. The van der Waals surface area contributed by atoms with E-state index in [2.05, 4.69) is 75.4 Å². The Morgan fingerprint density at radius 2 is 0.669 bits per heavy atom. The fourth-order valence-corrected chi connectivity index (χ4v) is 19.1. The molecule has 5 atom stereocenters. The van der Waals surface area contributed by atoms with Crippen molar-refractivity contribution in [3.63, 3.8) is 0 Å². The maximum Gasteiger partial charge on any atom is 0.306 e. The van der Waals surface area contributed by atoms with Gasteiger partial charge in [0.05, 0.1) is 28.7 Å². The van der Waals surface area contributed by atoms with Crippen LogP contribution < -0.4 is 26.6 Å². The fraction of sp³-hybridized carbons (Fsp3) is 0.358. The van der Waals surface area contributed by atoms with Gasteiger partial charge >= 0.3 is 17.9 Å². The number of benzene rings is 6. The number of hydrogen-bond donors (Lipinski definition) is 5. The number of aryl methyl sites for hydroxylation is 3. The summed E-state index contributed by atoms with van der Waals surface area (Å²) in [5.41, 5.74) is 11.1. The fourth-order valence-electron chi connectivity index (χ4n) is 19.1. The van der Waals surface area contributed by atoms with E-state index in [9.17, 15) is 67.1 Å². The van der Waals surface area contributed by atoms with Gasteiger partial charge in [0, 0.05) is 185 Å². The summed E-state index contributed by atoms with van der Waals surface area (Å²) in [4.78, 5) is 185. The first-order chi connectivity index (χ1) is 68.4. The Balaban J connectivity index is 0.000000131. The number of ether oxygens (including phenoxy) is 5. The molecule has 5 N–H and O–H groups in total. The van der Waals surface area contributed by atoms with Gasteiger partial charge in [-0.15, -0.1) is 0 Å². The number of carbonyl (C=O) groups excluding carboxylic acids is 14. The number of ketones is 1. The highest BCUT2D eigenvalue weighted by molar-refractivity contribution is 6.15. The summed E-state index contributed by atoms with van der Waals surface area (Å²) in [6.45, 7) is 14.8. The number of aromatic nitrogens is 9. The molecule has 0 aliphatic carbocycles.